The second-order valence-corrected chi connectivity index (χ2v) is 4.29. The minimum atomic E-state index is 0.230. The van der Waals surface area contributed by atoms with Crippen LogP contribution in [0.3, 0.4) is 0 Å². The molecule has 0 saturated carbocycles. The summed E-state index contributed by atoms with van der Waals surface area (Å²) in [5.74, 6) is 0.779. The maximum atomic E-state index is 11.9. The molecule has 3 nitrogen and oxygen atoms in total. The van der Waals surface area contributed by atoms with Crippen LogP contribution in [0.4, 0.5) is 0 Å². The quantitative estimate of drug-likeness (QED) is 0.772. The molecule has 82 valence electrons. The number of piperidine rings is 1. The van der Waals surface area contributed by atoms with Crippen LogP contribution >= 0.6 is 0 Å². The van der Waals surface area contributed by atoms with Crippen LogP contribution in [0.5, 0.6) is 0 Å². The Bertz CT molecular complexity index is 337. The summed E-state index contributed by atoms with van der Waals surface area (Å²) < 4.78 is 5.02. The third-order valence-electron chi connectivity index (χ3n) is 3.09. The fraction of sp³-hybridized carbons (Fsp3) is 0.583. The number of rotatable bonds is 3. The van der Waals surface area contributed by atoms with E-state index in [0.29, 0.717) is 12.3 Å². The van der Waals surface area contributed by atoms with Gasteiger partial charge in [-0.15, -0.1) is 0 Å². The molecule has 1 N–H and O–H groups in total. The molecule has 1 aromatic rings. The Morgan fingerprint density at radius 1 is 1.47 bits per heavy atom. The van der Waals surface area contributed by atoms with Crippen LogP contribution in [0.15, 0.2) is 16.9 Å². The molecule has 2 rings (SSSR count). The SMILES string of the molecule is Cc1cocc1C(=O)CC1CCNCC1. The van der Waals surface area contributed by atoms with Gasteiger partial charge in [-0.05, 0) is 44.3 Å². The van der Waals surface area contributed by atoms with Gasteiger partial charge in [-0.3, -0.25) is 4.79 Å². The second-order valence-electron chi connectivity index (χ2n) is 4.29. The second kappa shape index (κ2) is 4.62. The minimum Gasteiger partial charge on any atom is -0.472 e. The summed E-state index contributed by atoms with van der Waals surface area (Å²) in [6.45, 7) is 4.00. The van der Waals surface area contributed by atoms with E-state index >= 15 is 0 Å². The molecular weight excluding hydrogens is 190 g/mol. The summed E-state index contributed by atoms with van der Waals surface area (Å²) in [4.78, 5) is 11.9. The maximum absolute atomic E-state index is 11.9. The number of hydrogen-bond acceptors (Lipinski definition) is 3. The molecule has 0 spiro atoms. The number of carbonyl (C=O) groups excluding carboxylic acids is 1. The predicted octanol–water partition coefficient (Wildman–Crippen LogP) is 2.16. The lowest BCUT2D eigenvalue weighted by atomic mass is 9.90. The van der Waals surface area contributed by atoms with Crippen LogP contribution in [0.1, 0.15) is 35.2 Å². The van der Waals surface area contributed by atoms with E-state index in [-0.39, 0.29) is 5.78 Å². The summed E-state index contributed by atoms with van der Waals surface area (Å²) in [6.07, 6.45) is 6.10. The maximum Gasteiger partial charge on any atom is 0.166 e. The molecule has 2 heterocycles. The molecule has 0 atom stereocenters. The van der Waals surface area contributed by atoms with Gasteiger partial charge >= 0.3 is 0 Å². The Morgan fingerprint density at radius 2 is 2.20 bits per heavy atom. The van der Waals surface area contributed by atoms with Crippen molar-refractivity contribution in [1.82, 2.24) is 5.32 Å². The van der Waals surface area contributed by atoms with Gasteiger partial charge in [-0.25, -0.2) is 0 Å². The highest BCUT2D eigenvalue weighted by molar-refractivity contribution is 5.97. The van der Waals surface area contributed by atoms with Crippen molar-refractivity contribution in [2.45, 2.75) is 26.2 Å². The molecule has 1 aliphatic heterocycles. The fourth-order valence-electron chi connectivity index (χ4n) is 2.10. The first-order valence-electron chi connectivity index (χ1n) is 5.54. The zero-order chi connectivity index (χ0) is 10.7. The number of hydrogen-bond donors (Lipinski definition) is 1. The lowest BCUT2D eigenvalue weighted by Crippen LogP contribution is -2.28. The molecule has 1 aliphatic rings. The molecule has 3 heteroatoms. The van der Waals surface area contributed by atoms with Gasteiger partial charge in [-0.1, -0.05) is 0 Å². The average molecular weight is 207 g/mol. The summed E-state index contributed by atoms with van der Waals surface area (Å²) in [5, 5.41) is 3.30. The monoisotopic (exact) mass is 207 g/mol. The van der Waals surface area contributed by atoms with Gasteiger partial charge in [0.15, 0.2) is 5.78 Å². The van der Waals surface area contributed by atoms with Gasteiger partial charge in [0.1, 0.15) is 6.26 Å². The van der Waals surface area contributed by atoms with Crippen LogP contribution in [0, 0.1) is 12.8 Å². The third kappa shape index (κ3) is 2.48. The number of nitrogens with one attached hydrogen (secondary N) is 1. The van der Waals surface area contributed by atoms with Gasteiger partial charge in [0.2, 0.25) is 0 Å². The van der Waals surface area contributed by atoms with Crippen molar-refractivity contribution in [2.24, 2.45) is 5.92 Å². The fourth-order valence-corrected chi connectivity index (χ4v) is 2.10. The smallest absolute Gasteiger partial charge is 0.166 e. The molecule has 0 unspecified atom stereocenters. The zero-order valence-corrected chi connectivity index (χ0v) is 9.08. The lowest BCUT2D eigenvalue weighted by molar-refractivity contribution is 0.0951. The van der Waals surface area contributed by atoms with E-state index in [4.69, 9.17) is 4.42 Å². The van der Waals surface area contributed by atoms with E-state index in [1.807, 2.05) is 6.92 Å². The first-order chi connectivity index (χ1) is 7.27. The largest absolute Gasteiger partial charge is 0.472 e. The van der Waals surface area contributed by atoms with E-state index in [0.717, 1.165) is 37.1 Å². The van der Waals surface area contributed by atoms with Gasteiger partial charge in [0, 0.05) is 6.42 Å². The van der Waals surface area contributed by atoms with Crippen molar-refractivity contribution in [3.05, 3.63) is 23.7 Å². The van der Waals surface area contributed by atoms with Crippen molar-refractivity contribution >= 4 is 5.78 Å². The van der Waals surface area contributed by atoms with Crippen molar-refractivity contribution < 1.29 is 9.21 Å². The van der Waals surface area contributed by atoms with E-state index in [1.54, 1.807) is 12.5 Å². The van der Waals surface area contributed by atoms with Crippen molar-refractivity contribution in [2.75, 3.05) is 13.1 Å². The number of furan rings is 1. The molecule has 1 aromatic heterocycles. The van der Waals surface area contributed by atoms with E-state index in [1.165, 1.54) is 0 Å². The Kier molecular flexibility index (Phi) is 3.21. The van der Waals surface area contributed by atoms with Crippen molar-refractivity contribution in [3.8, 4) is 0 Å². The Morgan fingerprint density at radius 3 is 2.80 bits per heavy atom. The molecule has 1 saturated heterocycles. The molecule has 15 heavy (non-hydrogen) atoms. The van der Waals surface area contributed by atoms with Crippen LogP contribution in [-0.2, 0) is 0 Å². The molecule has 0 amide bonds. The van der Waals surface area contributed by atoms with E-state index in [9.17, 15) is 4.79 Å². The lowest BCUT2D eigenvalue weighted by Gasteiger charge is -2.21. The highest BCUT2D eigenvalue weighted by Gasteiger charge is 2.19. The van der Waals surface area contributed by atoms with Crippen molar-refractivity contribution in [1.29, 1.82) is 0 Å². The molecular formula is C12H17NO2. The van der Waals surface area contributed by atoms with Crippen LogP contribution in [-0.4, -0.2) is 18.9 Å². The van der Waals surface area contributed by atoms with Gasteiger partial charge in [0.25, 0.3) is 0 Å². The predicted molar refractivity (Wildman–Crippen MR) is 58.0 cm³/mol. The molecule has 0 aliphatic carbocycles. The Labute approximate surface area is 89.9 Å². The standard InChI is InChI=1S/C12H17NO2/c1-9-7-15-8-11(9)12(14)6-10-2-4-13-5-3-10/h7-8,10,13H,2-6H2,1H3. The molecule has 0 aromatic carbocycles. The van der Waals surface area contributed by atoms with E-state index in [2.05, 4.69) is 5.32 Å². The number of ketones is 1. The van der Waals surface area contributed by atoms with Gasteiger partial charge < -0.3 is 9.73 Å². The summed E-state index contributed by atoms with van der Waals surface area (Å²) in [5.41, 5.74) is 1.71. The summed E-state index contributed by atoms with van der Waals surface area (Å²) >= 11 is 0. The number of Topliss-reactive ketones (excluding diaryl/α,β-unsaturated/α-hetero) is 1. The average Bonchev–Trinajstić information content (AvgIpc) is 2.66. The molecule has 1 fully saturated rings. The van der Waals surface area contributed by atoms with Crippen molar-refractivity contribution in [3.63, 3.8) is 0 Å². The van der Waals surface area contributed by atoms with Gasteiger partial charge in [-0.2, -0.15) is 0 Å². The molecule has 0 radical (unpaired) electrons. The Balaban J connectivity index is 1.94. The summed E-state index contributed by atoms with van der Waals surface area (Å²) in [6, 6.07) is 0. The van der Waals surface area contributed by atoms with E-state index < -0.39 is 0 Å². The topological polar surface area (TPSA) is 42.2 Å². The Hall–Kier alpha value is -1.09. The highest BCUT2D eigenvalue weighted by atomic mass is 16.3. The first-order valence-corrected chi connectivity index (χ1v) is 5.54. The molecule has 0 bridgehead atoms. The zero-order valence-electron chi connectivity index (χ0n) is 9.08. The normalized spacial score (nSPS) is 17.9. The van der Waals surface area contributed by atoms with Gasteiger partial charge in [0.05, 0.1) is 11.8 Å². The number of aryl methyl sites for hydroxylation is 1. The van der Waals surface area contributed by atoms with Crippen LogP contribution < -0.4 is 5.32 Å². The first kappa shape index (κ1) is 10.4. The summed E-state index contributed by atoms with van der Waals surface area (Å²) in [7, 11) is 0. The number of carbonyl (C=O) groups is 1. The van der Waals surface area contributed by atoms with Crippen LogP contribution in [0.25, 0.3) is 0 Å². The third-order valence-corrected chi connectivity index (χ3v) is 3.09. The minimum absolute atomic E-state index is 0.230. The van der Waals surface area contributed by atoms with Crippen LogP contribution in [0.2, 0.25) is 0 Å². The highest BCUT2D eigenvalue weighted by Crippen LogP contribution is 2.20.